The molecule has 0 saturated heterocycles. The van der Waals surface area contributed by atoms with Crippen LogP contribution in [0, 0.1) is 12.7 Å². The Morgan fingerprint density at radius 2 is 2.04 bits per heavy atom. The van der Waals surface area contributed by atoms with E-state index in [1.807, 2.05) is 33.2 Å². The minimum atomic E-state index is -0.343. The molecule has 128 valence electrons. The number of hydrogen-bond donors (Lipinski definition) is 1. The van der Waals surface area contributed by atoms with Crippen LogP contribution >= 0.6 is 0 Å². The summed E-state index contributed by atoms with van der Waals surface area (Å²) in [5.41, 5.74) is 5.54. The fourth-order valence-electron chi connectivity index (χ4n) is 3.58. The van der Waals surface area contributed by atoms with E-state index in [0.29, 0.717) is 12.1 Å². The molecule has 0 aromatic carbocycles. The Morgan fingerprint density at radius 1 is 1.28 bits per heavy atom. The third-order valence-electron chi connectivity index (χ3n) is 5.04. The molecule has 0 atom stereocenters. The third-order valence-corrected chi connectivity index (χ3v) is 5.04. The smallest absolute Gasteiger partial charge is 0.274 e. The fraction of sp³-hybridized carbons (Fsp3) is 0.263. The van der Waals surface area contributed by atoms with Crippen molar-refractivity contribution in [3.8, 4) is 0 Å². The molecule has 0 spiro atoms. The molecule has 5 nitrogen and oxygen atoms in total. The number of rotatable bonds is 1. The Labute approximate surface area is 144 Å². The maximum Gasteiger partial charge on any atom is 0.274 e. The molecule has 0 radical (unpaired) electrons. The first-order valence-electron chi connectivity index (χ1n) is 8.15. The van der Waals surface area contributed by atoms with E-state index in [4.69, 9.17) is 0 Å². The second-order valence-corrected chi connectivity index (χ2v) is 6.61. The largest absolute Gasteiger partial charge is 0.356 e. The van der Waals surface area contributed by atoms with Crippen LogP contribution in [0.15, 0.2) is 35.1 Å². The number of pyridine rings is 2. The lowest BCUT2D eigenvalue weighted by atomic mass is 10.0. The Hall–Kier alpha value is -2.89. The highest BCUT2D eigenvalue weighted by atomic mass is 19.1. The maximum atomic E-state index is 13.5. The minimum absolute atomic E-state index is 0.0417. The van der Waals surface area contributed by atoms with Gasteiger partial charge in [-0.05, 0) is 43.5 Å². The molecule has 4 rings (SSSR count). The molecule has 0 bridgehead atoms. The van der Waals surface area contributed by atoms with Crippen molar-refractivity contribution in [1.29, 1.82) is 0 Å². The van der Waals surface area contributed by atoms with Gasteiger partial charge in [-0.3, -0.25) is 4.79 Å². The highest BCUT2D eigenvalue weighted by molar-refractivity contribution is 5.96. The van der Waals surface area contributed by atoms with Crippen molar-refractivity contribution in [2.45, 2.75) is 27.3 Å². The summed E-state index contributed by atoms with van der Waals surface area (Å²) >= 11 is 0. The van der Waals surface area contributed by atoms with Gasteiger partial charge in [0.15, 0.2) is 0 Å². The minimum Gasteiger partial charge on any atom is -0.356 e. The number of allylic oxidation sites excluding steroid dienone is 2. The Balaban J connectivity index is 2.01. The Bertz CT molecular complexity index is 1110. The van der Waals surface area contributed by atoms with Crippen LogP contribution in [0.5, 0.6) is 0 Å². The second-order valence-electron chi connectivity index (χ2n) is 6.61. The lowest BCUT2D eigenvalue weighted by Gasteiger charge is -2.26. The van der Waals surface area contributed by atoms with Crippen LogP contribution in [-0.2, 0) is 13.6 Å². The van der Waals surface area contributed by atoms with Crippen molar-refractivity contribution in [1.82, 2.24) is 14.5 Å². The van der Waals surface area contributed by atoms with Gasteiger partial charge >= 0.3 is 0 Å². The van der Waals surface area contributed by atoms with Crippen LogP contribution in [0.3, 0.4) is 0 Å². The van der Waals surface area contributed by atoms with Gasteiger partial charge in [-0.1, -0.05) is 0 Å². The van der Waals surface area contributed by atoms with E-state index >= 15 is 0 Å². The average Bonchev–Trinajstić information content (AvgIpc) is 2.95. The van der Waals surface area contributed by atoms with Crippen LogP contribution in [0.1, 0.15) is 30.5 Å². The number of nitrogens with one attached hydrogen (secondary N) is 1. The first kappa shape index (κ1) is 15.6. The summed E-state index contributed by atoms with van der Waals surface area (Å²) in [6, 6.07) is 1.49. The molecular formula is C19H19FN4O. The van der Waals surface area contributed by atoms with Crippen LogP contribution in [0.2, 0.25) is 0 Å². The summed E-state index contributed by atoms with van der Waals surface area (Å²) in [6.07, 6.45) is 5.01. The normalized spacial score (nSPS) is 14.4. The molecule has 3 aromatic heterocycles. The Kier molecular flexibility index (Phi) is 3.32. The van der Waals surface area contributed by atoms with E-state index in [0.717, 1.165) is 39.2 Å². The number of aryl methyl sites for hydroxylation is 2. The number of nitrogens with zero attached hydrogens (tertiary/aromatic N) is 3. The number of halogens is 1. The molecular weight excluding hydrogens is 319 g/mol. The van der Waals surface area contributed by atoms with Crippen LogP contribution in [0.4, 0.5) is 10.2 Å². The van der Waals surface area contributed by atoms with Crippen molar-refractivity contribution in [2.75, 3.05) is 4.90 Å². The predicted octanol–water partition coefficient (Wildman–Crippen LogP) is 3.48. The van der Waals surface area contributed by atoms with Gasteiger partial charge in [0.05, 0.1) is 12.7 Å². The van der Waals surface area contributed by atoms with Crippen molar-refractivity contribution in [3.05, 3.63) is 63.2 Å². The lowest BCUT2D eigenvalue weighted by Crippen LogP contribution is -2.22. The molecule has 1 aliphatic rings. The summed E-state index contributed by atoms with van der Waals surface area (Å²) in [6.45, 7) is 6.51. The average molecular weight is 338 g/mol. The Morgan fingerprint density at radius 3 is 2.76 bits per heavy atom. The summed E-state index contributed by atoms with van der Waals surface area (Å²) in [4.78, 5) is 21.9. The standard InChI is InChI=1S/C19H19FN4O/c1-10-5-14(20)7-22-18(10)24-8-13-6-21-17-16(13)15(11(2)12(24)3)9-23(4)19(17)25/h5-7,9,21H,8H2,1-4H3. The van der Waals surface area contributed by atoms with E-state index in [1.54, 1.807) is 11.6 Å². The number of aromatic nitrogens is 3. The van der Waals surface area contributed by atoms with Gasteiger partial charge < -0.3 is 14.5 Å². The van der Waals surface area contributed by atoms with Crippen LogP contribution in [-0.4, -0.2) is 14.5 Å². The van der Waals surface area contributed by atoms with Crippen molar-refractivity contribution >= 4 is 22.3 Å². The molecule has 4 heterocycles. The van der Waals surface area contributed by atoms with Gasteiger partial charge in [0, 0.05) is 36.1 Å². The van der Waals surface area contributed by atoms with Gasteiger partial charge in [-0.15, -0.1) is 0 Å². The highest BCUT2D eigenvalue weighted by Gasteiger charge is 2.24. The van der Waals surface area contributed by atoms with E-state index in [-0.39, 0.29) is 11.4 Å². The summed E-state index contributed by atoms with van der Waals surface area (Å²) in [5.74, 6) is 0.386. The van der Waals surface area contributed by atoms with E-state index < -0.39 is 0 Å². The highest BCUT2D eigenvalue weighted by Crippen LogP contribution is 2.36. The molecule has 0 unspecified atom stereocenters. The monoisotopic (exact) mass is 338 g/mol. The molecule has 25 heavy (non-hydrogen) atoms. The van der Waals surface area contributed by atoms with E-state index in [2.05, 4.69) is 14.9 Å². The molecule has 1 aliphatic heterocycles. The van der Waals surface area contributed by atoms with E-state index in [1.165, 1.54) is 12.3 Å². The van der Waals surface area contributed by atoms with Gasteiger partial charge in [0.1, 0.15) is 17.2 Å². The van der Waals surface area contributed by atoms with Gasteiger partial charge in [0.2, 0.25) is 0 Å². The molecule has 1 N–H and O–H groups in total. The lowest BCUT2D eigenvalue weighted by molar-refractivity contribution is 0.619. The van der Waals surface area contributed by atoms with Crippen molar-refractivity contribution in [3.63, 3.8) is 0 Å². The molecule has 0 fully saturated rings. The van der Waals surface area contributed by atoms with Gasteiger partial charge in [0.25, 0.3) is 5.56 Å². The second kappa shape index (κ2) is 5.31. The summed E-state index contributed by atoms with van der Waals surface area (Å²) in [7, 11) is 1.76. The quantitative estimate of drug-likeness (QED) is 0.739. The van der Waals surface area contributed by atoms with Crippen molar-refractivity contribution < 1.29 is 4.39 Å². The molecule has 0 aliphatic carbocycles. The third kappa shape index (κ3) is 2.21. The summed E-state index contributed by atoms with van der Waals surface area (Å²) in [5, 5.41) is 0.960. The fourth-order valence-corrected chi connectivity index (χ4v) is 3.58. The zero-order valence-corrected chi connectivity index (χ0v) is 14.6. The number of anilines is 1. The van der Waals surface area contributed by atoms with Crippen LogP contribution in [0.25, 0.3) is 16.5 Å². The molecule has 0 amide bonds. The first-order chi connectivity index (χ1) is 11.9. The first-order valence-corrected chi connectivity index (χ1v) is 8.15. The van der Waals surface area contributed by atoms with Crippen molar-refractivity contribution in [2.24, 2.45) is 7.05 Å². The number of hydrogen-bond acceptors (Lipinski definition) is 3. The molecule has 0 saturated carbocycles. The zero-order chi connectivity index (χ0) is 17.9. The molecule has 6 heteroatoms. The SMILES string of the molecule is CC1=C(C)N(c2ncc(F)cc2C)Cc2c[nH]c3c(=O)n(C)cc1c23. The van der Waals surface area contributed by atoms with Gasteiger partial charge in [-0.2, -0.15) is 0 Å². The molecule has 3 aromatic rings. The van der Waals surface area contributed by atoms with Gasteiger partial charge in [-0.25, -0.2) is 9.37 Å². The number of H-pyrrole nitrogens is 1. The maximum absolute atomic E-state index is 13.5. The topological polar surface area (TPSA) is 53.9 Å². The zero-order valence-electron chi connectivity index (χ0n) is 14.6. The van der Waals surface area contributed by atoms with Crippen LogP contribution < -0.4 is 10.5 Å². The summed E-state index contributed by atoms with van der Waals surface area (Å²) < 4.78 is 15.1. The predicted molar refractivity (Wildman–Crippen MR) is 96.9 cm³/mol. The van der Waals surface area contributed by atoms with E-state index in [9.17, 15) is 9.18 Å². The number of aromatic amines is 1.